The highest BCUT2D eigenvalue weighted by Crippen LogP contribution is 2.26. The van der Waals surface area contributed by atoms with Gasteiger partial charge < -0.3 is 20.4 Å². The number of para-hydroxylation sites is 1. The van der Waals surface area contributed by atoms with Gasteiger partial charge in [0.1, 0.15) is 23.1 Å². The maximum atomic E-state index is 14.0. The summed E-state index contributed by atoms with van der Waals surface area (Å²) < 4.78 is 28.1. The molecule has 0 aliphatic carbocycles. The summed E-state index contributed by atoms with van der Waals surface area (Å²) in [6.45, 7) is 7.76. The van der Waals surface area contributed by atoms with Crippen molar-refractivity contribution in [2.75, 3.05) is 43.0 Å². The summed E-state index contributed by atoms with van der Waals surface area (Å²) in [5, 5.41) is 6.63. The van der Waals surface area contributed by atoms with Gasteiger partial charge in [0.15, 0.2) is 5.96 Å². The summed E-state index contributed by atoms with van der Waals surface area (Å²) in [6, 6.07) is 8.10. The third-order valence-electron chi connectivity index (χ3n) is 5.36. The Morgan fingerprint density at radius 1 is 1.20 bits per heavy atom. The first-order chi connectivity index (χ1) is 14.5. The first-order valence-corrected chi connectivity index (χ1v) is 10.4. The molecule has 8 heteroatoms. The van der Waals surface area contributed by atoms with E-state index in [0.717, 1.165) is 30.9 Å². The highest BCUT2D eigenvalue weighted by Gasteiger charge is 2.27. The van der Waals surface area contributed by atoms with Crippen molar-refractivity contribution in [3.8, 4) is 0 Å². The van der Waals surface area contributed by atoms with E-state index in [1.54, 1.807) is 11.9 Å². The number of aliphatic imine (C=N–C) groups is 1. The normalized spacial score (nSPS) is 16.6. The van der Waals surface area contributed by atoms with Crippen LogP contribution in [0.5, 0.6) is 0 Å². The standard InChI is InChI=1S/C22H30F2N6/c1-4-29(5-2)20-10-9-16(13-26-20)14-27-22(25-3)28-17-11-12-30(15-17)21-18(23)7-6-8-19(21)24/h6-10,13,17H,4-5,11-12,14-15H2,1-3H3,(H2,25,27,28). The fourth-order valence-corrected chi connectivity index (χ4v) is 3.70. The Morgan fingerprint density at radius 2 is 1.93 bits per heavy atom. The number of nitrogens with zero attached hydrogens (tertiary/aromatic N) is 4. The number of guanidine groups is 1. The molecule has 6 nitrogen and oxygen atoms in total. The monoisotopic (exact) mass is 416 g/mol. The summed E-state index contributed by atoms with van der Waals surface area (Å²) in [7, 11) is 1.71. The Balaban J connectivity index is 1.53. The van der Waals surface area contributed by atoms with E-state index >= 15 is 0 Å². The van der Waals surface area contributed by atoms with Crippen molar-refractivity contribution in [2.24, 2.45) is 4.99 Å². The van der Waals surface area contributed by atoms with Gasteiger partial charge in [0, 0.05) is 52.0 Å². The molecule has 1 unspecified atom stereocenters. The third kappa shape index (κ3) is 5.17. The van der Waals surface area contributed by atoms with Crippen LogP contribution in [0.4, 0.5) is 20.3 Å². The highest BCUT2D eigenvalue weighted by atomic mass is 19.1. The summed E-state index contributed by atoms with van der Waals surface area (Å²) in [6.07, 6.45) is 2.64. The lowest BCUT2D eigenvalue weighted by atomic mass is 10.2. The van der Waals surface area contributed by atoms with Gasteiger partial charge >= 0.3 is 0 Å². The molecule has 1 aliphatic heterocycles. The van der Waals surface area contributed by atoms with E-state index in [1.165, 1.54) is 18.2 Å². The zero-order valence-corrected chi connectivity index (χ0v) is 17.8. The number of anilines is 2. The molecule has 1 fully saturated rings. The molecule has 0 saturated carbocycles. The van der Waals surface area contributed by atoms with Gasteiger partial charge in [-0.3, -0.25) is 4.99 Å². The number of rotatable bonds is 7. The smallest absolute Gasteiger partial charge is 0.191 e. The lowest BCUT2D eigenvalue weighted by Gasteiger charge is -2.21. The number of hydrogen-bond acceptors (Lipinski definition) is 4. The molecule has 30 heavy (non-hydrogen) atoms. The molecule has 162 valence electrons. The van der Waals surface area contributed by atoms with Crippen molar-refractivity contribution in [3.05, 3.63) is 53.7 Å². The number of hydrogen-bond donors (Lipinski definition) is 2. The molecule has 1 saturated heterocycles. The second-order valence-corrected chi connectivity index (χ2v) is 7.27. The Kier molecular flexibility index (Phi) is 7.43. The van der Waals surface area contributed by atoms with E-state index < -0.39 is 11.6 Å². The van der Waals surface area contributed by atoms with Crippen LogP contribution >= 0.6 is 0 Å². The van der Waals surface area contributed by atoms with E-state index in [9.17, 15) is 8.78 Å². The number of nitrogens with one attached hydrogen (secondary N) is 2. The number of benzene rings is 1. The number of pyridine rings is 1. The van der Waals surface area contributed by atoms with Crippen LogP contribution in [0.1, 0.15) is 25.8 Å². The Labute approximate surface area is 177 Å². The topological polar surface area (TPSA) is 55.8 Å². The molecular formula is C22H30F2N6. The Hall–Kier alpha value is -2.90. The minimum absolute atomic E-state index is 0.0455. The largest absolute Gasteiger partial charge is 0.365 e. The minimum atomic E-state index is -0.529. The molecule has 1 aliphatic rings. The summed E-state index contributed by atoms with van der Waals surface area (Å²) >= 11 is 0. The molecule has 0 spiro atoms. The van der Waals surface area contributed by atoms with Crippen molar-refractivity contribution in [1.29, 1.82) is 0 Å². The van der Waals surface area contributed by atoms with Crippen molar-refractivity contribution in [3.63, 3.8) is 0 Å². The number of halogens is 2. The lowest BCUT2D eigenvalue weighted by molar-refractivity contribution is 0.576. The van der Waals surface area contributed by atoms with Crippen LogP contribution in [0.3, 0.4) is 0 Å². The highest BCUT2D eigenvalue weighted by molar-refractivity contribution is 5.80. The SMILES string of the molecule is CCN(CC)c1ccc(CNC(=NC)NC2CCN(c3c(F)cccc3F)C2)cn1. The molecule has 1 atom stereocenters. The van der Waals surface area contributed by atoms with Crippen molar-refractivity contribution < 1.29 is 8.78 Å². The molecule has 1 aromatic carbocycles. The van der Waals surface area contributed by atoms with Crippen LogP contribution in [0, 0.1) is 11.6 Å². The first-order valence-electron chi connectivity index (χ1n) is 10.4. The van der Waals surface area contributed by atoms with Crippen LogP contribution in [0.15, 0.2) is 41.5 Å². The zero-order valence-electron chi connectivity index (χ0n) is 17.8. The van der Waals surface area contributed by atoms with E-state index in [4.69, 9.17) is 0 Å². The first kappa shape index (κ1) is 21.8. The maximum Gasteiger partial charge on any atom is 0.191 e. The van der Waals surface area contributed by atoms with Crippen LogP contribution in [-0.4, -0.2) is 50.2 Å². The summed E-state index contributed by atoms with van der Waals surface area (Å²) in [5.74, 6) is 0.569. The predicted octanol–water partition coefficient (Wildman–Crippen LogP) is 3.15. The predicted molar refractivity (Wildman–Crippen MR) is 118 cm³/mol. The van der Waals surface area contributed by atoms with Crippen LogP contribution < -0.4 is 20.4 Å². The second-order valence-electron chi connectivity index (χ2n) is 7.27. The molecule has 3 rings (SSSR count). The van der Waals surface area contributed by atoms with Crippen LogP contribution in [0.2, 0.25) is 0 Å². The molecular weight excluding hydrogens is 386 g/mol. The van der Waals surface area contributed by atoms with Gasteiger partial charge in [-0.25, -0.2) is 13.8 Å². The molecule has 1 aromatic heterocycles. The molecule has 2 N–H and O–H groups in total. The van der Waals surface area contributed by atoms with Gasteiger partial charge in [-0.2, -0.15) is 0 Å². The molecule has 0 radical (unpaired) electrons. The Bertz CT molecular complexity index is 831. The quantitative estimate of drug-likeness (QED) is 0.537. The van der Waals surface area contributed by atoms with Gasteiger partial charge in [-0.15, -0.1) is 0 Å². The Morgan fingerprint density at radius 3 is 2.53 bits per heavy atom. The van der Waals surface area contributed by atoms with Crippen LogP contribution in [-0.2, 0) is 6.54 Å². The molecule has 0 amide bonds. The van der Waals surface area contributed by atoms with E-state index in [2.05, 4.69) is 45.4 Å². The average molecular weight is 417 g/mol. The summed E-state index contributed by atoms with van der Waals surface area (Å²) in [4.78, 5) is 12.7. The molecule has 2 aromatic rings. The van der Waals surface area contributed by atoms with E-state index in [-0.39, 0.29) is 11.7 Å². The zero-order chi connectivity index (χ0) is 21.5. The van der Waals surface area contributed by atoms with Crippen molar-refractivity contribution in [2.45, 2.75) is 32.9 Å². The van der Waals surface area contributed by atoms with Crippen molar-refractivity contribution >= 4 is 17.5 Å². The van der Waals surface area contributed by atoms with E-state index in [0.29, 0.717) is 25.6 Å². The summed E-state index contributed by atoms with van der Waals surface area (Å²) in [5.41, 5.74) is 1.10. The lowest BCUT2D eigenvalue weighted by Crippen LogP contribution is -2.44. The van der Waals surface area contributed by atoms with E-state index in [1.807, 2.05) is 12.3 Å². The molecule has 0 bridgehead atoms. The average Bonchev–Trinajstić information content (AvgIpc) is 3.20. The number of aromatic nitrogens is 1. The van der Waals surface area contributed by atoms with Crippen molar-refractivity contribution in [1.82, 2.24) is 15.6 Å². The van der Waals surface area contributed by atoms with Gasteiger partial charge in [0.25, 0.3) is 0 Å². The fourth-order valence-electron chi connectivity index (χ4n) is 3.70. The minimum Gasteiger partial charge on any atom is -0.365 e. The van der Waals surface area contributed by atoms with Crippen LogP contribution in [0.25, 0.3) is 0 Å². The van der Waals surface area contributed by atoms with Gasteiger partial charge in [0.2, 0.25) is 0 Å². The molecule has 2 heterocycles. The fraction of sp³-hybridized carbons (Fsp3) is 0.455. The maximum absolute atomic E-state index is 14.0. The second kappa shape index (κ2) is 10.2. The van der Waals surface area contributed by atoms with Gasteiger partial charge in [-0.05, 0) is 44.0 Å². The van der Waals surface area contributed by atoms with Gasteiger partial charge in [0.05, 0.1) is 0 Å². The third-order valence-corrected chi connectivity index (χ3v) is 5.36. The van der Waals surface area contributed by atoms with Gasteiger partial charge in [-0.1, -0.05) is 12.1 Å².